The van der Waals surface area contributed by atoms with Gasteiger partial charge in [-0.2, -0.15) is 0 Å². The molecule has 1 aromatic carbocycles. The van der Waals surface area contributed by atoms with Gasteiger partial charge in [0, 0.05) is 19.1 Å². The summed E-state index contributed by atoms with van der Waals surface area (Å²) >= 11 is 6.04. The van der Waals surface area contributed by atoms with Crippen molar-refractivity contribution in [2.24, 2.45) is 0 Å². The molecule has 112 valence electrons. The van der Waals surface area contributed by atoms with Crippen LogP contribution in [-0.4, -0.2) is 30.8 Å². The minimum Gasteiger partial charge on any atom is -0.495 e. The van der Waals surface area contributed by atoms with Gasteiger partial charge in [0.2, 0.25) is 5.91 Å². The highest BCUT2D eigenvalue weighted by Gasteiger charge is 2.08. The van der Waals surface area contributed by atoms with Crippen LogP contribution in [0.3, 0.4) is 0 Å². The summed E-state index contributed by atoms with van der Waals surface area (Å²) in [5.41, 5.74) is 1.01. The van der Waals surface area contributed by atoms with Crippen LogP contribution in [0.2, 0.25) is 5.02 Å². The standard InChI is InChI=1S/C15H22ClNO3/c1-11(4-3-9-18)17-15(19)8-6-12-5-7-14(20-2)13(16)10-12/h5,7,10-11,18H,3-4,6,8-9H2,1-2H3,(H,17,19). The summed E-state index contributed by atoms with van der Waals surface area (Å²) in [4.78, 5) is 11.8. The van der Waals surface area contributed by atoms with E-state index in [2.05, 4.69) is 5.32 Å². The smallest absolute Gasteiger partial charge is 0.220 e. The number of aliphatic hydroxyl groups is 1. The Morgan fingerprint density at radius 3 is 2.85 bits per heavy atom. The summed E-state index contributed by atoms with van der Waals surface area (Å²) < 4.78 is 5.08. The van der Waals surface area contributed by atoms with E-state index in [1.807, 2.05) is 19.1 Å². The Kier molecular flexibility index (Phi) is 7.41. The topological polar surface area (TPSA) is 58.6 Å². The summed E-state index contributed by atoms with van der Waals surface area (Å²) in [5, 5.41) is 12.2. The first-order chi connectivity index (χ1) is 9.56. The van der Waals surface area contributed by atoms with Crippen LogP contribution in [0.25, 0.3) is 0 Å². The van der Waals surface area contributed by atoms with Gasteiger partial charge in [-0.05, 0) is 43.9 Å². The molecule has 0 bridgehead atoms. The van der Waals surface area contributed by atoms with E-state index in [1.165, 1.54) is 0 Å². The quantitative estimate of drug-likeness (QED) is 0.775. The van der Waals surface area contributed by atoms with E-state index < -0.39 is 0 Å². The maximum Gasteiger partial charge on any atom is 0.220 e. The second kappa shape index (κ2) is 8.82. The molecule has 1 unspecified atom stereocenters. The van der Waals surface area contributed by atoms with Crippen LogP contribution < -0.4 is 10.1 Å². The molecule has 0 saturated carbocycles. The lowest BCUT2D eigenvalue weighted by Gasteiger charge is -2.13. The van der Waals surface area contributed by atoms with E-state index in [0.29, 0.717) is 30.0 Å². The zero-order valence-corrected chi connectivity index (χ0v) is 12.7. The first-order valence-electron chi connectivity index (χ1n) is 6.79. The largest absolute Gasteiger partial charge is 0.495 e. The number of halogens is 1. The van der Waals surface area contributed by atoms with Gasteiger partial charge in [-0.1, -0.05) is 17.7 Å². The zero-order valence-electron chi connectivity index (χ0n) is 12.0. The van der Waals surface area contributed by atoms with E-state index in [-0.39, 0.29) is 18.6 Å². The summed E-state index contributed by atoms with van der Waals surface area (Å²) in [6, 6.07) is 5.63. The summed E-state index contributed by atoms with van der Waals surface area (Å²) in [6.07, 6.45) is 2.56. The number of rotatable bonds is 8. The zero-order chi connectivity index (χ0) is 15.0. The minimum atomic E-state index is 0.0161. The Balaban J connectivity index is 2.39. The van der Waals surface area contributed by atoms with E-state index >= 15 is 0 Å². The number of amides is 1. The van der Waals surface area contributed by atoms with Crippen LogP contribution in [-0.2, 0) is 11.2 Å². The van der Waals surface area contributed by atoms with Crippen molar-refractivity contribution in [1.82, 2.24) is 5.32 Å². The van der Waals surface area contributed by atoms with Gasteiger partial charge in [-0.3, -0.25) is 4.79 Å². The van der Waals surface area contributed by atoms with Crippen LogP contribution >= 0.6 is 11.6 Å². The van der Waals surface area contributed by atoms with Crippen molar-refractivity contribution >= 4 is 17.5 Å². The second-order valence-corrected chi connectivity index (χ2v) is 5.21. The number of hydrogen-bond acceptors (Lipinski definition) is 3. The fourth-order valence-corrected chi connectivity index (χ4v) is 2.22. The number of carbonyl (C=O) groups is 1. The monoisotopic (exact) mass is 299 g/mol. The van der Waals surface area contributed by atoms with E-state index in [4.69, 9.17) is 21.4 Å². The first-order valence-corrected chi connectivity index (χ1v) is 7.17. The lowest BCUT2D eigenvalue weighted by molar-refractivity contribution is -0.121. The molecule has 1 atom stereocenters. The third-order valence-corrected chi connectivity index (χ3v) is 3.35. The minimum absolute atomic E-state index is 0.0161. The molecular weight excluding hydrogens is 278 g/mol. The number of methoxy groups -OCH3 is 1. The molecule has 20 heavy (non-hydrogen) atoms. The molecule has 0 radical (unpaired) electrons. The highest BCUT2D eigenvalue weighted by Crippen LogP contribution is 2.25. The lowest BCUT2D eigenvalue weighted by atomic mass is 10.1. The Labute approximate surface area is 125 Å². The molecule has 0 aliphatic carbocycles. The molecule has 1 amide bonds. The Morgan fingerprint density at radius 2 is 2.25 bits per heavy atom. The predicted molar refractivity (Wildman–Crippen MR) is 80.2 cm³/mol. The molecular formula is C15H22ClNO3. The molecule has 0 aromatic heterocycles. The first kappa shape index (κ1) is 16.8. The number of benzene rings is 1. The molecule has 4 nitrogen and oxygen atoms in total. The van der Waals surface area contributed by atoms with Crippen molar-refractivity contribution in [3.05, 3.63) is 28.8 Å². The summed E-state index contributed by atoms with van der Waals surface area (Å²) in [6.45, 7) is 2.10. The van der Waals surface area contributed by atoms with Crippen LogP contribution in [0, 0.1) is 0 Å². The molecule has 0 heterocycles. The molecule has 0 aliphatic rings. The van der Waals surface area contributed by atoms with E-state index in [9.17, 15) is 4.79 Å². The van der Waals surface area contributed by atoms with E-state index in [1.54, 1.807) is 13.2 Å². The van der Waals surface area contributed by atoms with Crippen molar-refractivity contribution in [2.45, 2.75) is 38.6 Å². The Morgan fingerprint density at radius 1 is 1.50 bits per heavy atom. The lowest BCUT2D eigenvalue weighted by Crippen LogP contribution is -2.32. The number of nitrogens with one attached hydrogen (secondary N) is 1. The average molecular weight is 300 g/mol. The molecule has 0 saturated heterocycles. The van der Waals surface area contributed by atoms with Gasteiger partial charge in [0.1, 0.15) is 5.75 Å². The van der Waals surface area contributed by atoms with Gasteiger partial charge < -0.3 is 15.2 Å². The molecule has 1 rings (SSSR count). The molecule has 0 fully saturated rings. The second-order valence-electron chi connectivity index (χ2n) is 4.80. The Bertz CT molecular complexity index is 437. The fraction of sp³-hybridized carbons (Fsp3) is 0.533. The molecule has 1 aromatic rings. The third kappa shape index (κ3) is 5.80. The van der Waals surface area contributed by atoms with Crippen molar-refractivity contribution in [3.8, 4) is 5.75 Å². The average Bonchev–Trinajstić information content (AvgIpc) is 2.43. The molecule has 5 heteroatoms. The number of aryl methyl sites for hydroxylation is 1. The van der Waals surface area contributed by atoms with E-state index in [0.717, 1.165) is 12.0 Å². The van der Waals surface area contributed by atoms with Crippen LogP contribution in [0.5, 0.6) is 5.75 Å². The summed E-state index contributed by atoms with van der Waals surface area (Å²) in [7, 11) is 1.57. The Hall–Kier alpha value is -1.26. The maximum atomic E-state index is 11.8. The highest BCUT2D eigenvalue weighted by molar-refractivity contribution is 6.32. The van der Waals surface area contributed by atoms with Gasteiger partial charge in [0.15, 0.2) is 0 Å². The van der Waals surface area contributed by atoms with Crippen molar-refractivity contribution < 1.29 is 14.6 Å². The van der Waals surface area contributed by atoms with Gasteiger partial charge in [0.05, 0.1) is 12.1 Å². The molecule has 0 spiro atoms. The number of aliphatic hydroxyl groups excluding tert-OH is 1. The maximum absolute atomic E-state index is 11.8. The van der Waals surface area contributed by atoms with Crippen LogP contribution in [0.4, 0.5) is 0 Å². The van der Waals surface area contributed by atoms with Crippen LogP contribution in [0.15, 0.2) is 18.2 Å². The number of carbonyl (C=O) groups excluding carboxylic acids is 1. The highest BCUT2D eigenvalue weighted by atomic mass is 35.5. The van der Waals surface area contributed by atoms with Crippen LogP contribution in [0.1, 0.15) is 31.7 Å². The predicted octanol–water partition coefficient (Wildman–Crippen LogP) is 2.56. The number of ether oxygens (including phenoxy) is 1. The van der Waals surface area contributed by atoms with Gasteiger partial charge in [0.25, 0.3) is 0 Å². The van der Waals surface area contributed by atoms with Gasteiger partial charge >= 0.3 is 0 Å². The summed E-state index contributed by atoms with van der Waals surface area (Å²) in [5.74, 6) is 0.653. The fourth-order valence-electron chi connectivity index (χ4n) is 1.94. The van der Waals surface area contributed by atoms with Gasteiger partial charge in [-0.15, -0.1) is 0 Å². The van der Waals surface area contributed by atoms with Crippen molar-refractivity contribution in [3.63, 3.8) is 0 Å². The van der Waals surface area contributed by atoms with Crippen molar-refractivity contribution in [1.29, 1.82) is 0 Å². The normalized spacial score (nSPS) is 12.0. The van der Waals surface area contributed by atoms with Gasteiger partial charge in [-0.25, -0.2) is 0 Å². The molecule has 0 aliphatic heterocycles. The third-order valence-electron chi connectivity index (χ3n) is 3.06. The van der Waals surface area contributed by atoms with Crippen molar-refractivity contribution in [2.75, 3.05) is 13.7 Å². The molecule has 2 N–H and O–H groups in total. The number of hydrogen-bond donors (Lipinski definition) is 2. The SMILES string of the molecule is COc1ccc(CCC(=O)NC(C)CCCO)cc1Cl.